The number of hydrogen-bond acceptors (Lipinski definition) is 2. The van der Waals surface area contributed by atoms with E-state index in [1.54, 1.807) is 12.2 Å². The predicted octanol–water partition coefficient (Wildman–Crippen LogP) is 2.56. The van der Waals surface area contributed by atoms with Crippen LogP contribution >= 0.6 is 0 Å². The molecule has 0 saturated heterocycles. The van der Waals surface area contributed by atoms with Crippen LogP contribution < -0.4 is 10.9 Å². The highest BCUT2D eigenvalue weighted by molar-refractivity contribution is 5.96. The molecule has 2 amide bonds. The summed E-state index contributed by atoms with van der Waals surface area (Å²) in [6.07, 6.45) is 6.05. The van der Waals surface area contributed by atoms with Crippen molar-refractivity contribution in [3.05, 3.63) is 83.9 Å². The molecule has 0 radical (unpaired) electrons. The van der Waals surface area contributed by atoms with E-state index < -0.39 is 11.8 Å². The second-order valence-electron chi connectivity index (χ2n) is 4.47. The summed E-state index contributed by atoms with van der Waals surface area (Å²) in [5.74, 6) is -0.796. The van der Waals surface area contributed by atoms with E-state index >= 15 is 0 Å². The summed E-state index contributed by atoms with van der Waals surface area (Å²) in [5.41, 5.74) is 6.45. The van der Waals surface area contributed by atoms with Gasteiger partial charge in [0.15, 0.2) is 0 Å². The fourth-order valence-corrected chi connectivity index (χ4v) is 1.68. The lowest BCUT2D eigenvalue weighted by Gasteiger charge is -2.01. The number of hydrogen-bond donors (Lipinski definition) is 2. The Bertz CT molecular complexity index is 615. The average molecular weight is 292 g/mol. The van der Waals surface area contributed by atoms with Crippen LogP contribution in [0.25, 0.3) is 12.2 Å². The molecule has 0 aliphatic heterocycles. The van der Waals surface area contributed by atoms with Crippen molar-refractivity contribution < 1.29 is 9.59 Å². The van der Waals surface area contributed by atoms with Crippen LogP contribution in [0.2, 0.25) is 0 Å². The maximum atomic E-state index is 11.6. The fraction of sp³-hybridized carbons (Fsp3) is 0. The normalized spacial score (nSPS) is 10.7. The Morgan fingerprint density at radius 2 is 1.00 bits per heavy atom. The SMILES string of the molecule is O=C(/C=C\c1ccccc1)NNC(=O)/C=C/c1ccccc1. The van der Waals surface area contributed by atoms with Crippen LogP contribution in [-0.2, 0) is 9.59 Å². The molecule has 0 unspecified atom stereocenters. The third-order valence-electron chi connectivity index (χ3n) is 2.76. The molecule has 0 saturated carbocycles. The highest BCUT2D eigenvalue weighted by Gasteiger charge is 1.97. The van der Waals surface area contributed by atoms with Crippen LogP contribution in [0, 0.1) is 0 Å². The molecule has 110 valence electrons. The number of benzene rings is 2. The lowest BCUT2D eigenvalue weighted by atomic mass is 10.2. The van der Waals surface area contributed by atoms with Gasteiger partial charge in [-0.1, -0.05) is 60.7 Å². The van der Waals surface area contributed by atoms with E-state index in [2.05, 4.69) is 10.9 Å². The molecule has 0 spiro atoms. The molecule has 22 heavy (non-hydrogen) atoms. The van der Waals surface area contributed by atoms with Gasteiger partial charge in [-0.25, -0.2) is 0 Å². The smallest absolute Gasteiger partial charge is 0.262 e. The summed E-state index contributed by atoms with van der Waals surface area (Å²) in [4.78, 5) is 23.1. The largest absolute Gasteiger partial charge is 0.268 e. The van der Waals surface area contributed by atoms with Crippen molar-refractivity contribution in [3.63, 3.8) is 0 Å². The van der Waals surface area contributed by atoms with E-state index in [1.807, 2.05) is 60.7 Å². The minimum absolute atomic E-state index is 0.398. The number of carbonyl (C=O) groups excluding carboxylic acids is 2. The number of nitrogens with one attached hydrogen (secondary N) is 2. The zero-order valence-corrected chi connectivity index (χ0v) is 11.9. The standard InChI is InChI=1S/C18H16N2O2/c21-17(13-11-15-7-3-1-4-8-15)19-20-18(22)14-12-16-9-5-2-6-10-16/h1-14H,(H,19,21)(H,20,22)/b13-11-,14-12+. The van der Waals surface area contributed by atoms with Gasteiger partial charge < -0.3 is 0 Å². The summed E-state index contributed by atoms with van der Waals surface area (Å²) in [7, 11) is 0. The van der Waals surface area contributed by atoms with Gasteiger partial charge in [-0.05, 0) is 23.3 Å². The molecule has 2 aromatic carbocycles. The maximum absolute atomic E-state index is 11.6. The van der Waals surface area contributed by atoms with Crippen LogP contribution in [0.1, 0.15) is 11.1 Å². The second kappa shape index (κ2) is 8.21. The summed E-state index contributed by atoms with van der Waals surface area (Å²) in [6, 6.07) is 18.8. The van der Waals surface area contributed by atoms with Crippen molar-refractivity contribution in [1.82, 2.24) is 10.9 Å². The van der Waals surface area contributed by atoms with Crippen molar-refractivity contribution in [3.8, 4) is 0 Å². The van der Waals surface area contributed by atoms with Crippen molar-refractivity contribution in [2.24, 2.45) is 0 Å². The molecule has 0 heterocycles. The Labute approximate surface area is 129 Å². The highest BCUT2D eigenvalue weighted by Crippen LogP contribution is 2.01. The quantitative estimate of drug-likeness (QED) is 0.672. The first-order valence-corrected chi connectivity index (χ1v) is 6.80. The molecule has 0 aliphatic carbocycles. The predicted molar refractivity (Wildman–Crippen MR) is 87.2 cm³/mol. The van der Waals surface area contributed by atoms with Crippen LogP contribution in [0.15, 0.2) is 72.8 Å². The molecular formula is C18H16N2O2. The van der Waals surface area contributed by atoms with Crippen molar-refractivity contribution >= 4 is 24.0 Å². The van der Waals surface area contributed by atoms with E-state index in [1.165, 1.54) is 12.2 Å². The highest BCUT2D eigenvalue weighted by atomic mass is 16.2. The monoisotopic (exact) mass is 292 g/mol. The molecule has 0 fully saturated rings. The molecule has 2 aromatic rings. The zero-order valence-electron chi connectivity index (χ0n) is 11.9. The third kappa shape index (κ3) is 5.46. The van der Waals surface area contributed by atoms with Gasteiger partial charge in [0.1, 0.15) is 0 Å². The van der Waals surface area contributed by atoms with E-state index in [4.69, 9.17) is 0 Å². The summed E-state index contributed by atoms with van der Waals surface area (Å²) in [6.45, 7) is 0. The molecule has 0 bridgehead atoms. The van der Waals surface area contributed by atoms with Crippen molar-refractivity contribution in [1.29, 1.82) is 0 Å². The second-order valence-corrected chi connectivity index (χ2v) is 4.47. The van der Waals surface area contributed by atoms with Gasteiger partial charge in [0.05, 0.1) is 0 Å². The molecule has 4 heteroatoms. The van der Waals surface area contributed by atoms with Gasteiger partial charge in [0.25, 0.3) is 11.8 Å². The molecule has 0 aromatic heterocycles. The molecule has 0 atom stereocenters. The lowest BCUT2D eigenvalue weighted by molar-refractivity contribution is -0.123. The van der Waals surface area contributed by atoms with E-state index in [0.717, 1.165) is 11.1 Å². The number of hydrazine groups is 1. The topological polar surface area (TPSA) is 58.2 Å². The van der Waals surface area contributed by atoms with Crippen LogP contribution in [0.3, 0.4) is 0 Å². The number of amides is 2. The van der Waals surface area contributed by atoms with Gasteiger partial charge in [-0.2, -0.15) is 0 Å². The maximum Gasteiger partial charge on any atom is 0.262 e. The minimum atomic E-state index is -0.398. The van der Waals surface area contributed by atoms with Gasteiger partial charge in [-0.15, -0.1) is 0 Å². The molecule has 4 nitrogen and oxygen atoms in total. The zero-order chi connectivity index (χ0) is 15.6. The summed E-state index contributed by atoms with van der Waals surface area (Å²) >= 11 is 0. The Hall–Kier alpha value is -3.14. The molecule has 2 N–H and O–H groups in total. The Kier molecular flexibility index (Phi) is 5.70. The van der Waals surface area contributed by atoms with E-state index in [0.29, 0.717) is 0 Å². The summed E-state index contributed by atoms with van der Waals surface area (Å²) in [5, 5.41) is 0. The van der Waals surface area contributed by atoms with Crippen molar-refractivity contribution in [2.45, 2.75) is 0 Å². The van der Waals surface area contributed by atoms with Gasteiger partial charge in [0, 0.05) is 12.2 Å². The van der Waals surface area contributed by atoms with Crippen LogP contribution in [0.4, 0.5) is 0 Å². The first-order chi connectivity index (χ1) is 10.7. The van der Waals surface area contributed by atoms with Crippen LogP contribution in [0.5, 0.6) is 0 Å². The van der Waals surface area contributed by atoms with Gasteiger partial charge in [-0.3, -0.25) is 20.4 Å². The Morgan fingerprint density at radius 1 is 0.636 bits per heavy atom. The van der Waals surface area contributed by atoms with E-state index in [9.17, 15) is 9.59 Å². The fourth-order valence-electron chi connectivity index (χ4n) is 1.68. The molecule has 0 aliphatic rings. The van der Waals surface area contributed by atoms with Crippen LogP contribution in [-0.4, -0.2) is 11.8 Å². The first-order valence-electron chi connectivity index (χ1n) is 6.80. The Morgan fingerprint density at radius 3 is 1.36 bits per heavy atom. The van der Waals surface area contributed by atoms with Gasteiger partial charge in [0.2, 0.25) is 0 Å². The van der Waals surface area contributed by atoms with Gasteiger partial charge >= 0.3 is 0 Å². The molecule has 2 rings (SSSR count). The molecular weight excluding hydrogens is 276 g/mol. The number of carbonyl (C=O) groups is 2. The van der Waals surface area contributed by atoms with E-state index in [-0.39, 0.29) is 0 Å². The number of rotatable bonds is 4. The minimum Gasteiger partial charge on any atom is -0.268 e. The summed E-state index contributed by atoms with van der Waals surface area (Å²) < 4.78 is 0. The Balaban J connectivity index is 1.77. The average Bonchev–Trinajstić information content (AvgIpc) is 2.58. The lowest BCUT2D eigenvalue weighted by Crippen LogP contribution is -2.39. The van der Waals surface area contributed by atoms with Crippen molar-refractivity contribution in [2.75, 3.05) is 0 Å². The third-order valence-corrected chi connectivity index (χ3v) is 2.76. The first kappa shape index (κ1) is 15.3.